The Labute approximate surface area is 228 Å². The molecule has 6 fully saturated rings. The van der Waals surface area contributed by atoms with E-state index in [4.69, 9.17) is 0 Å². The number of aromatic amines is 1. The Balaban J connectivity index is 0.00000253. The standard InChI is InChI=1S/C28H23FN6O3.ClH/c1-8-22(29)11(15-13(6-30)9(2)35(4)10(3)14(15)7-31)5-12-23(8)33-34-24(12)32-25(36)27-16-19-17(27)21-18(27)20(16)28(19,21)26(37)38;/h5,15-21H,1-4H3,(H,37,38)(H2,32,33,34,36);1H. The fourth-order valence-corrected chi connectivity index (χ4v) is 10.0. The summed E-state index contributed by atoms with van der Waals surface area (Å²) in [5, 5.41) is 40.3. The first-order chi connectivity index (χ1) is 18.1. The molecule has 0 saturated heterocycles. The molecule has 0 bridgehead atoms. The average molecular weight is 547 g/mol. The van der Waals surface area contributed by atoms with Crippen LogP contribution in [0.1, 0.15) is 30.9 Å². The fraction of sp³-hybridized carbons (Fsp3) is 0.464. The molecule has 1 aliphatic heterocycles. The SMILES string of the molecule is CC1=C(C#N)C(c2cc3c(NC(=O)C45C6C7C4C4C5C6C74C(=O)O)n[nH]c3c(C)c2F)C(C#N)=C(C)N1C.Cl. The minimum absolute atomic E-state index is 0. The Hall–Kier alpha value is -3.89. The van der Waals surface area contributed by atoms with Crippen LogP contribution in [-0.4, -0.2) is 39.1 Å². The van der Waals surface area contributed by atoms with Gasteiger partial charge in [0.05, 0.1) is 45.5 Å². The van der Waals surface area contributed by atoms with E-state index in [-0.39, 0.29) is 70.8 Å². The number of H-pyrrole nitrogens is 1. The van der Waals surface area contributed by atoms with Crippen molar-refractivity contribution < 1.29 is 19.1 Å². The quantitative estimate of drug-likeness (QED) is 0.528. The maximum atomic E-state index is 15.8. The molecule has 9 rings (SSSR count). The summed E-state index contributed by atoms with van der Waals surface area (Å²) in [6, 6.07) is 5.95. The van der Waals surface area contributed by atoms with Crippen molar-refractivity contribution in [1.29, 1.82) is 10.5 Å². The zero-order valence-electron chi connectivity index (χ0n) is 21.5. The van der Waals surface area contributed by atoms with Crippen LogP contribution in [0.2, 0.25) is 0 Å². The molecule has 2 heterocycles. The molecule has 11 heteroatoms. The van der Waals surface area contributed by atoms with Gasteiger partial charge in [-0.15, -0.1) is 12.4 Å². The molecule has 0 radical (unpaired) electrons. The maximum absolute atomic E-state index is 15.8. The molecule has 6 aliphatic carbocycles. The van der Waals surface area contributed by atoms with Crippen LogP contribution in [-0.2, 0) is 9.59 Å². The van der Waals surface area contributed by atoms with Gasteiger partial charge in [0.25, 0.3) is 0 Å². The second-order valence-electron chi connectivity index (χ2n) is 11.9. The lowest BCUT2D eigenvalue weighted by Gasteiger charge is -3.09. The molecule has 198 valence electrons. The summed E-state index contributed by atoms with van der Waals surface area (Å²) < 4.78 is 15.8. The number of carboxylic acids is 1. The number of carbonyl (C=O) groups excluding carboxylic acids is 1. The molecule has 39 heavy (non-hydrogen) atoms. The number of carboxylic acid groups (broad SMARTS) is 1. The first-order valence-corrected chi connectivity index (χ1v) is 12.8. The van der Waals surface area contributed by atoms with Gasteiger partial charge in [0.15, 0.2) is 5.82 Å². The van der Waals surface area contributed by atoms with Gasteiger partial charge in [0.2, 0.25) is 5.91 Å². The number of benzene rings is 1. The molecular formula is C28H24ClFN6O3. The number of nitrogens with one attached hydrogen (secondary N) is 2. The van der Waals surface area contributed by atoms with Crippen molar-refractivity contribution in [2.75, 3.05) is 12.4 Å². The third-order valence-corrected chi connectivity index (χ3v) is 11.6. The minimum atomic E-state index is -0.876. The summed E-state index contributed by atoms with van der Waals surface area (Å²) in [4.78, 5) is 27.2. The lowest BCUT2D eigenvalue weighted by molar-refractivity contribution is -0.625. The molecule has 0 spiro atoms. The lowest BCUT2D eigenvalue weighted by atomic mass is 8.92. The van der Waals surface area contributed by atoms with Gasteiger partial charge < -0.3 is 15.3 Å². The highest BCUT2D eigenvalue weighted by Gasteiger charge is 3.13. The number of aromatic nitrogens is 2. The third-order valence-electron chi connectivity index (χ3n) is 11.6. The predicted molar refractivity (Wildman–Crippen MR) is 137 cm³/mol. The Kier molecular flexibility index (Phi) is 4.22. The zero-order chi connectivity index (χ0) is 26.8. The first-order valence-electron chi connectivity index (χ1n) is 12.8. The first kappa shape index (κ1) is 24.2. The highest BCUT2D eigenvalue weighted by atomic mass is 35.5. The van der Waals surface area contributed by atoms with Crippen molar-refractivity contribution in [2.45, 2.75) is 26.7 Å². The molecule has 1 aromatic heterocycles. The maximum Gasteiger partial charge on any atom is 0.310 e. The Morgan fingerprint density at radius 2 is 1.56 bits per heavy atom. The second kappa shape index (κ2) is 6.81. The van der Waals surface area contributed by atoms with E-state index in [0.29, 0.717) is 33.4 Å². The lowest BCUT2D eigenvalue weighted by Crippen LogP contribution is -3.12. The van der Waals surface area contributed by atoms with Gasteiger partial charge in [0, 0.05) is 35.0 Å². The number of allylic oxidation sites excluding steroid dienone is 4. The zero-order valence-corrected chi connectivity index (χ0v) is 22.3. The Morgan fingerprint density at radius 1 is 1.05 bits per heavy atom. The van der Waals surface area contributed by atoms with E-state index in [2.05, 4.69) is 27.7 Å². The Bertz CT molecular complexity index is 1670. The summed E-state index contributed by atoms with van der Waals surface area (Å²) in [6.45, 7) is 5.15. The van der Waals surface area contributed by atoms with Crippen LogP contribution in [0.15, 0.2) is 28.6 Å². The topological polar surface area (TPSA) is 146 Å². The van der Waals surface area contributed by atoms with E-state index in [9.17, 15) is 25.2 Å². The highest BCUT2D eigenvalue weighted by molar-refractivity contribution is 6.07. The molecule has 3 N–H and O–H groups in total. The number of nitriles is 2. The number of aliphatic carboxylic acids is 1. The molecule has 1 amide bonds. The molecule has 1 aromatic carbocycles. The van der Waals surface area contributed by atoms with Crippen LogP contribution in [0.3, 0.4) is 0 Å². The average Bonchev–Trinajstić information content (AvgIpc) is 3.31. The van der Waals surface area contributed by atoms with E-state index < -0.39 is 28.5 Å². The third kappa shape index (κ3) is 1.98. The number of rotatable bonds is 4. The Morgan fingerprint density at radius 3 is 2.05 bits per heavy atom. The van der Waals surface area contributed by atoms with Gasteiger partial charge in [-0.25, -0.2) is 4.39 Å². The van der Waals surface area contributed by atoms with Crippen LogP contribution in [0.25, 0.3) is 10.9 Å². The molecule has 6 saturated carbocycles. The molecular weight excluding hydrogens is 523 g/mol. The number of hydrogen-bond donors (Lipinski definition) is 3. The number of carbonyl (C=O) groups is 2. The van der Waals surface area contributed by atoms with E-state index in [1.807, 2.05) is 0 Å². The number of amides is 1. The normalized spacial score (nSPS) is 37.8. The van der Waals surface area contributed by atoms with Crippen LogP contribution >= 0.6 is 12.4 Å². The number of nitrogens with zero attached hydrogens (tertiary/aromatic N) is 4. The predicted octanol–water partition coefficient (Wildman–Crippen LogP) is 3.82. The molecule has 7 aliphatic rings. The minimum Gasteiger partial charge on any atom is -0.481 e. The summed E-state index contributed by atoms with van der Waals surface area (Å²) >= 11 is 0. The van der Waals surface area contributed by atoms with Gasteiger partial charge in [-0.2, -0.15) is 15.6 Å². The van der Waals surface area contributed by atoms with Crippen molar-refractivity contribution in [2.24, 2.45) is 46.3 Å². The summed E-state index contributed by atoms with van der Waals surface area (Å²) in [5.74, 6) is -1.11. The molecule has 0 atom stereocenters. The van der Waals surface area contributed by atoms with Crippen molar-refractivity contribution in [3.63, 3.8) is 0 Å². The van der Waals surface area contributed by atoms with Crippen LogP contribution in [0, 0.1) is 81.7 Å². The summed E-state index contributed by atoms with van der Waals surface area (Å²) in [7, 11) is 1.77. The van der Waals surface area contributed by atoms with E-state index >= 15 is 4.39 Å². The number of halogens is 2. The summed E-state index contributed by atoms with van der Waals surface area (Å²) in [6.07, 6.45) is 0. The molecule has 9 nitrogen and oxygen atoms in total. The number of anilines is 1. The van der Waals surface area contributed by atoms with E-state index in [1.165, 1.54) is 0 Å². The van der Waals surface area contributed by atoms with Crippen molar-refractivity contribution in [1.82, 2.24) is 15.1 Å². The fourth-order valence-electron chi connectivity index (χ4n) is 10.0. The monoisotopic (exact) mass is 546 g/mol. The highest BCUT2D eigenvalue weighted by Crippen LogP contribution is 3.10. The van der Waals surface area contributed by atoms with Crippen molar-refractivity contribution in [3.8, 4) is 12.1 Å². The van der Waals surface area contributed by atoms with Crippen LogP contribution in [0.4, 0.5) is 10.2 Å². The smallest absolute Gasteiger partial charge is 0.310 e. The van der Waals surface area contributed by atoms with E-state index in [1.54, 1.807) is 38.8 Å². The molecule has 0 unspecified atom stereocenters. The van der Waals surface area contributed by atoms with Crippen LogP contribution in [0.5, 0.6) is 0 Å². The van der Waals surface area contributed by atoms with Gasteiger partial charge in [-0.1, -0.05) is 0 Å². The van der Waals surface area contributed by atoms with Crippen molar-refractivity contribution >= 4 is 41.0 Å². The number of aryl methyl sites for hydroxylation is 1. The molecule has 2 aromatic rings. The summed E-state index contributed by atoms with van der Waals surface area (Å²) in [5.41, 5.74) is 1.76. The van der Waals surface area contributed by atoms with Gasteiger partial charge in [0.1, 0.15) is 5.82 Å². The van der Waals surface area contributed by atoms with Gasteiger partial charge in [-0.3, -0.25) is 14.7 Å². The van der Waals surface area contributed by atoms with E-state index in [0.717, 1.165) is 0 Å². The largest absolute Gasteiger partial charge is 0.481 e. The van der Waals surface area contributed by atoms with Crippen LogP contribution < -0.4 is 5.32 Å². The number of hydrogen-bond acceptors (Lipinski definition) is 6. The van der Waals surface area contributed by atoms with Gasteiger partial charge in [-0.05, 0) is 62.3 Å². The van der Waals surface area contributed by atoms with Gasteiger partial charge >= 0.3 is 5.97 Å². The number of fused-ring (bicyclic) bond motifs is 1. The second-order valence-corrected chi connectivity index (χ2v) is 11.9. The van der Waals surface area contributed by atoms with Crippen molar-refractivity contribution in [3.05, 3.63) is 45.6 Å².